The molecule has 0 N–H and O–H groups in total. The Hall–Kier alpha value is -5.18. The van der Waals surface area contributed by atoms with Gasteiger partial charge in [0.2, 0.25) is 0 Å². The summed E-state index contributed by atoms with van der Waals surface area (Å²) in [5.41, 5.74) is 3.46. The normalized spacial score (nSPS) is 12.1. The summed E-state index contributed by atoms with van der Waals surface area (Å²) in [5, 5.41) is 6.14. The molecule has 0 saturated heterocycles. The van der Waals surface area contributed by atoms with Crippen molar-refractivity contribution >= 4 is 42.5 Å². The first-order chi connectivity index (χ1) is 21.3. The van der Waals surface area contributed by atoms with Gasteiger partial charge in [0.05, 0.1) is 5.52 Å². The van der Waals surface area contributed by atoms with Crippen LogP contribution in [0.2, 0.25) is 0 Å². The monoisotopic (exact) mass is 567 g/mol. The zero-order chi connectivity index (χ0) is 28.6. The smallest absolute Gasteiger partial charge is 0.0708 e. The predicted octanol–water partition coefficient (Wildman–Crippen LogP) is 11.5. The van der Waals surface area contributed by atoms with Crippen molar-refractivity contribution in [1.82, 2.24) is 4.98 Å². The maximum atomic E-state index is 4.80. The molecule has 0 aliphatic carbocycles. The molecule has 0 saturated carbocycles. The third kappa shape index (κ3) is 4.14. The van der Waals surface area contributed by atoms with Gasteiger partial charge < -0.3 is 0 Å². The van der Waals surface area contributed by atoms with Crippen molar-refractivity contribution in [2.45, 2.75) is 19.6 Å². The summed E-state index contributed by atoms with van der Waals surface area (Å²) in [5.74, 6) is 0. The Labute approximate surface area is 253 Å². The third-order valence-electron chi connectivity index (χ3n) is 8.40. The summed E-state index contributed by atoms with van der Waals surface area (Å²) >= 11 is 0. The van der Waals surface area contributed by atoms with Crippen LogP contribution in [0.3, 0.4) is 0 Å². The standard InChI is InChI=1S/C41H29NS/c1-4-14-32(15-5-1)43(33-16-6-2-7-17-33,34-18-8-3-9-19-34)35-26-24-30(25-27-35)39-28-31-29-42-40-23-13-12-22-38(40)41(31)37-21-11-10-20-36(37)39/h1-29H. The van der Waals surface area contributed by atoms with E-state index < -0.39 is 10.0 Å². The second-order valence-corrected chi connectivity index (χ2v) is 13.9. The fraction of sp³-hybridized carbons (Fsp3) is 0. The van der Waals surface area contributed by atoms with Gasteiger partial charge in [-0.05, 0) is 82.6 Å². The van der Waals surface area contributed by atoms with Crippen LogP contribution in [0.4, 0.5) is 0 Å². The van der Waals surface area contributed by atoms with Gasteiger partial charge in [-0.25, -0.2) is 0 Å². The maximum absolute atomic E-state index is 4.80. The molecule has 8 aromatic rings. The highest BCUT2D eigenvalue weighted by Crippen LogP contribution is 2.73. The van der Waals surface area contributed by atoms with E-state index in [9.17, 15) is 0 Å². The Morgan fingerprint density at radius 1 is 0.395 bits per heavy atom. The Morgan fingerprint density at radius 3 is 1.44 bits per heavy atom. The van der Waals surface area contributed by atoms with E-state index in [1.807, 2.05) is 6.20 Å². The van der Waals surface area contributed by atoms with Gasteiger partial charge in [-0.3, -0.25) is 4.98 Å². The molecule has 1 heterocycles. The van der Waals surface area contributed by atoms with E-state index in [-0.39, 0.29) is 0 Å². The molecule has 2 heteroatoms. The first-order valence-electron chi connectivity index (χ1n) is 14.6. The van der Waals surface area contributed by atoms with Crippen LogP contribution in [0.5, 0.6) is 0 Å². The van der Waals surface area contributed by atoms with Crippen molar-refractivity contribution < 1.29 is 0 Å². The Balaban J connectivity index is 1.37. The summed E-state index contributed by atoms with van der Waals surface area (Å²) in [6.07, 6.45) is 2.03. The van der Waals surface area contributed by atoms with E-state index in [0.29, 0.717) is 0 Å². The number of para-hydroxylation sites is 1. The summed E-state index contributed by atoms with van der Waals surface area (Å²) in [6.45, 7) is 0. The second-order valence-electron chi connectivity index (χ2n) is 10.8. The topological polar surface area (TPSA) is 12.9 Å². The van der Waals surface area contributed by atoms with Gasteiger partial charge in [0.15, 0.2) is 0 Å². The summed E-state index contributed by atoms with van der Waals surface area (Å²) in [6, 6.07) is 61.9. The van der Waals surface area contributed by atoms with Gasteiger partial charge in [0.25, 0.3) is 0 Å². The Kier molecular flexibility index (Phi) is 6.28. The average molecular weight is 568 g/mol. The zero-order valence-electron chi connectivity index (χ0n) is 23.6. The lowest BCUT2D eigenvalue weighted by Crippen LogP contribution is -2.05. The van der Waals surface area contributed by atoms with E-state index in [1.165, 1.54) is 52.3 Å². The first kappa shape index (κ1) is 25.5. The molecule has 43 heavy (non-hydrogen) atoms. The molecule has 0 unspecified atom stereocenters. The SMILES string of the molecule is c1ccc(S(c2ccccc2)(c2ccccc2)c2ccc(-c3cc4cnc5ccccc5c4c4ccccc34)cc2)cc1. The highest BCUT2D eigenvalue weighted by atomic mass is 32.3. The van der Waals surface area contributed by atoms with Crippen molar-refractivity contribution in [3.63, 3.8) is 0 Å². The number of hydrogen-bond acceptors (Lipinski definition) is 1. The van der Waals surface area contributed by atoms with Crippen LogP contribution >= 0.6 is 10.0 Å². The van der Waals surface area contributed by atoms with E-state index >= 15 is 0 Å². The molecular weight excluding hydrogens is 539 g/mol. The molecule has 0 atom stereocenters. The highest BCUT2D eigenvalue weighted by Gasteiger charge is 2.33. The maximum Gasteiger partial charge on any atom is 0.0708 e. The minimum atomic E-state index is -1.72. The van der Waals surface area contributed by atoms with Gasteiger partial charge in [0, 0.05) is 41.9 Å². The number of benzene rings is 7. The number of fused-ring (bicyclic) bond motifs is 5. The van der Waals surface area contributed by atoms with E-state index in [1.54, 1.807) is 0 Å². The molecular formula is C41H29NS. The Bertz CT molecular complexity index is 2110. The molecule has 0 aliphatic rings. The van der Waals surface area contributed by atoms with Gasteiger partial charge >= 0.3 is 0 Å². The minimum absolute atomic E-state index is 1.03. The van der Waals surface area contributed by atoms with Crippen molar-refractivity contribution in [2.75, 3.05) is 0 Å². The lowest BCUT2D eigenvalue weighted by Gasteiger charge is -2.42. The van der Waals surface area contributed by atoms with Crippen LogP contribution < -0.4 is 0 Å². The van der Waals surface area contributed by atoms with Crippen molar-refractivity contribution in [3.8, 4) is 11.1 Å². The molecule has 8 rings (SSSR count). The fourth-order valence-electron chi connectivity index (χ4n) is 6.50. The van der Waals surface area contributed by atoms with E-state index in [4.69, 9.17) is 4.98 Å². The van der Waals surface area contributed by atoms with Gasteiger partial charge in [-0.15, -0.1) is 10.0 Å². The van der Waals surface area contributed by atoms with E-state index in [0.717, 1.165) is 10.9 Å². The number of pyridine rings is 1. The fourth-order valence-corrected chi connectivity index (χ4v) is 10.4. The Morgan fingerprint density at radius 2 is 0.860 bits per heavy atom. The number of rotatable bonds is 5. The quantitative estimate of drug-likeness (QED) is 0.189. The molecule has 1 aromatic heterocycles. The molecule has 7 aromatic carbocycles. The molecule has 1 nitrogen and oxygen atoms in total. The van der Waals surface area contributed by atoms with Gasteiger partial charge in [-0.2, -0.15) is 0 Å². The molecule has 204 valence electrons. The van der Waals surface area contributed by atoms with Crippen LogP contribution in [0.15, 0.2) is 196 Å². The average Bonchev–Trinajstić information content (AvgIpc) is 3.10. The minimum Gasteiger partial charge on any atom is -0.256 e. The highest BCUT2D eigenvalue weighted by molar-refractivity contribution is 8.34. The van der Waals surface area contributed by atoms with Crippen LogP contribution in [0.25, 0.3) is 43.6 Å². The largest absolute Gasteiger partial charge is 0.256 e. The number of nitrogens with zero attached hydrogens (tertiary/aromatic N) is 1. The van der Waals surface area contributed by atoms with Crippen LogP contribution in [-0.4, -0.2) is 4.98 Å². The van der Waals surface area contributed by atoms with Crippen LogP contribution in [-0.2, 0) is 0 Å². The number of hydrogen-bond donors (Lipinski definition) is 0. The van der Waals surface area contributed by atoms with Crippen LogP contribution in [0.1, 0.15) is 0 Å². The first-order valence-corrected chi connectivity index (χ1v) is 16.3. The summed E-state index contributed by atoms with van der Waals surface area (Å²) in [4.78, 5) is 10.1. The summed E-state index contributed by atoms with van der Waals surface area (Å²) < 4.78 is 0. The molecule has 0 radical (unpaired) electrons. The van der Waals surface area contributed by atoms with Gasteiger partial charge in [0.1, 0.15) is 0 Å². The van der Waals surface area contributed by atoms with Crippen LogP contribution in [0, 0.1) is 0 Å². The van der Waals surface area contributed by atoms with E-state index in [2.05, 4.69) is 170 Å². The number of aromatic nitrogens is 1. The molecule has 0 fully saturated rings. The third-order valence-corrected chi connectivity index (χ3v) is 12.3. The molecule has 0 spiro atoms. The lowest BCUT2D eigenvalue weighted by atomic mass is 9.92. The second kappa shape index (κ2) is 10.6. The predicted molar refractivity (Wildman–Crippen MR) is 182 cm³/mol. The van der Waals surface area contributed by atoms with Crippen molar-refractivity contribution in [1.29, 1.82) is 0 Å². The molecule has 0 bridgehead atoms. The zero-order valence-corrected chi connectivity index (χ0v) is 24.4. The van der Waals surface area contributed by atoms with Crippen molar-refractivity contribution in [3.05, 3.63) is 176 Å². The molecule has 0 amide bonds. The van der Waals surface area contributed by atoms with Gasteiger partial charge in [-0.1, -0.05) is 109 Å². The summed E-state index contributed by atoms with van der Waals surface area (Å²) in [7, 11) is -1.72. The molecule has 0 aliphatic heterocycles. The van der Waals surface area contributed by atoms with Crippen molar-refractivity contribution in [2.24, 2.45) is 0 Å². The lowest BCUT2D eigenvalue weighted by molar-refractivity contribution is 1.24.